The van der Waals surface area contributed by atoms with Gasteiger partial charge in [0.05, 0.1) is 11.8 Å². The van der Waals surface area contributed by atoms with Gasteiger partial charge in [-0.05, 0) is 12.5 Å². The number of ketones is 1. The lowest BCUT2D eigenvalue weighted by Gasteiger charge is -2.13. The number of aromatic nitrogens is 2. The van der Waals surface area contributed by atoms with Crippen LogP contribution in [-0.2, 0) is 4.79 Å². The third kappa shape index (κ3) is 5.04. The molecule has 2 rings (SSSR count). The third-order valence-corrected chi connectivity index (χ3v) is 5.17. The molecule has 0 bridgehead atoms. The summed E-state index contributed by atoms with van der Waals surface area (Å²) < 4.78 is 0.763. The Morgan fingerprint density at radius 3 is 2.52 bits per heavy atom. The summed E-state index contributed by atoms with van der Waals surface area (Å²) in [5.41, 5.74) is 1.61. The normalized spacial score (nSPS) is 11.8. The first-order chi connectivity index (χ1) is 11.0. The van der Waals surface area contributed by atoms with Crippen LogP contribution in [0.25, 0.3) is 0 Å². The lowest BCUT2D eigenvalue weighted by molar-refractivity contribution is -0.119. The Kier molecular flexibility index (Phi) is 6.12. The molecule has 0 spiro atoms. The molecular weight excluding hydrogens is 332 g/mol. The van der Waals surface area contributed by atoms with Gasteiger partial charge in [-0.2, -0.15) is 0 Å². The first-order valence-corrected chi connectivity index (χ1v) is 8.84. The first kappa shape index (κ1) is 17.4. The summed E-state index contributed by atoms with van der Waals surface area (Å²) in [5.74, 6) is 0.279. The van der Waals surface area contributed by atoms with Gasteiger partial charge in [0.25, 0.3) is 0 Å². The average Bonchev–Trinajstić information content (AvgIpc) is 3.00. The molecule has 0 radical (unpaired) electrons. The SMILES string of the molecule is CNc1nnc(SCC(=O)c2ccc([C@H](C)NC(C)=O)cc2)s1. The Hall–Kier alpha value is -1.93. The molecule has 6 nitrogen and oxygen atoms in total. The van der Waals surface area contributed by atoms with Crippen LogP contribution in [0.15, 0.2) is 28.6 Å². The highest BCUT2D eigenvalue weighted by atomic mass is 32.2. The van der Waals surface area contributed by atoms with Gasteiger partial charge in [0.15, 0.2) is 10.1 Å². The smallest absolute Gasteiger partial charge is 0.217 e. The lowest BCUT2D eigenvalue weighted by Crippen LogP contribution is -2.23. The fourth-order valence-electron chi connectivity index (χ4n) is 1.93. The van der Waals surface area contributed by atoms with Crippen LogP contribution in [0.3, 0.4) is 0 Å². The maximum absolute atomic E-state index is 12.2. The molecule has 8 heteroatoms. The fourth-order valence-corrected chi connectivity index (χ4v) is 3.53. The van der Waals surface area contributed by atoms with E-state index in [9.17, 15) is 9.59 Å². The van der Waals surface area contributed by atoms with Crippen molar-refractivity contribution in [2.24, 2.45) is 0 Å². The number of amides is 1. The maximum atomic E-state index is 12.2. The summed E-state index contributed by atoms with van der Waals surface area (Å²) >= 11 is 2.80. The lowest BCUT2D eigenvalue weighted by atomic mass is 10.0. The number of nitrogens with one attached hydrogen (secondary N) is 2. The number of thioether (sulfide) groups is 1. The van der Waals surface area contributed by atoms with Crippen molar-refractivity contribution in [3.05, 3.63) is 35.4 Å². The zero-order valence-corrected chi connectivity index (χ0v) is 14.8. The zero-order chi connectivity index (χ0) is 16.8. The van der Waals surface area contributed by atoms with Crippen LogP contribution in [0.1, 0.15) is 35.8 Å². The van der Waals surface area contributed by atoms with Gasteiger partial charge in [0.2, 0.25) is 11.0 Å². The fraction of sp³-hybridized carbons (Fsp3) is 0.333. The average molecular weight is 350 g/mol. The minimum atomic E-state index is -0.0768. The Balaban J connectivity index is 1.93. The van der Waals surface area contributed by atoms with Crippen molar-refractivity contribution >= 4 is 39.9 Å². The predicted octanol–water partition coefficient (Wildman–Crippen LogP) is 2.75. The second-order valence-corrected chi connectivity index (χ2v) is 7.08. The second kappa shape index (κ2) is 8.07. The molecule has 1 atom stereocenters. The molecule has 122 valence electrons. The van der Waals surface area contributed by atoms with E-state index in [0.717, 1.165) is 15.0 Å². The highest BCUT2D eigenvalue weighted by molar-refractivity contribution is 8.01. The van der Waals surface area contributed by atoms with Crippen LogP contribution in [-0.4, -0.2) is 34.7 Å². The number of Topliss-reactive ketones (excluding diaryl/α,β-unsaturated/α-hetero) is 1. The standard InChI is InChI=1S/C15H18N4O2S2/c1-9(17-10(2)20)11-4-6-12(7-5-11)13(21)8-22-15-19-18-14(16-3)23-15/h4-7,9H,8H2,1-3H3,(H,16,18)(H,17,20)/t9-/m0/s1. The number of hydrogen-bond acceptors (Lipinski definition) is 7. The minimum Gasteiger partial charge on any atom is -0.363 e. The third-order valence-electron chi connectivity index (χ3n) is 3.10. The summed E-state index contributed by atoms with van der Waals surface area (Å²) in [6.07, 6.45) is 0. The van der Waals surface area contributed by atoms with E-state index in [1.807, 2.05) is 19.1 Å². The second-order valence-electron chi connectivity index (χ2n) is 4.88. The molecule has 1 aromatic carbocycles. The number of carbonyl (C=O) groups excluding carboxylic acids is 2. The van der Waals surface area contributed by atoms with Crippen LogP contribution < -0.4 is 10.6 Å². The van der Waals surface area contributed by atoms with Crippen LogP contribution in [0, 0.1) is 0 Å². The molecule has 1 amide bonds. The number of rotatable bonds is 7. The van der Waals surface area contributed by atoms with Crippen LogP contribution in [0.2, 0.25) is 0 Å². The summed E-state index contributed by atoms with van der Waals surface area (Å²) in [6.45, 7) is 3.39. The van der Waals surface area contributed by atoms with Crippen LogP contribution in [0.4, 0.5) is 5.13 Å². The number of hydrogen-bond donors (Lipinski definition) is 2. The molecule has 0 unspecified atom stereocenters. The number of benzene rings is 1. The molecule has 1 aromatic heterocycles. The van der Waals surface area contributed by atoms with Gasteiger partial charge in [-0.1, -0.05) is 47.4 Å². The van der Waals surface area contributed by atoms with Crippen LogP contribution >= 0.6 is 23.1 Å². The van der Waals surface area contributed by atoms with Gasteiger partial charge in [-0.3, -0.25) is 9.59 Å². The van der Waals surface area contributed by atoms with E-state index < -0.39 is 0 Å². The van der Waals surface area contributed by atoms with E-state index >= 15 is 0 Å². The molecule has 0 aliphatic rings. The first-order valence-electron chi connectivity index (χ1n) is 7.04. The van der Waals surface area contributed by atoms with E-state index in [-0.39, 0.29) is 17.7 Å². The van der Waals surface area contributed by atoms with Crippen molar-refractivity contribution in [1.82, 2.24) is 15.5 Å². The van der Waals surface area contributed by atoms with E-state index in [1.165, 1.54) is 30.0 Å². The Bertz CT molecular complexity index is 685. The number of nitrogens with zero attached hydrogens (tertiary/aromatic N) is 2. The molecule has 2 aromatic rings. The molecule has 0 aliphatic carbocycles. The van der Waals surface area contributed by atoms with Crippen molar-refractivity contribution in [3.63, 3.8) is 0 Å². The van der Waals surface area contributed by atoms with E-state index in [0.29, 0.717) is 11.3 Å². The van der Waals surface area contributed by atoms with E-state index in [4.69, 9.17) is 0 Å². The monoisotopic (exact) mass is 350 g/mol. The van der Waals surface area contributed by atoms with E-state index in [1.54, 1.807) is 19.2 Å². The zero-order valence-electron chi connectivity index (χ0n) is 13.1. The van der Waals surface area contributed by atoms with E-state index in [2.05, 4.69) is 20.8 Å². The van der Waals surface area contributed by atoms with Crippen molar-refractivity contribution in [3.8, 4) is 0 Å². The Labute approximate surface area is 143 Å². The van der Waals surface area contributed by atoms with Gasteiger partial charge in [-0.25, -0.2) is 0 Å². The van der Waals surface area contributed by atoms with Gasteiger partial charge in [0.1, 0.15) is 0 Å². The summed E-state index contributed by atoms with van der Waals surface area (Å²) in [5, 5.41) is 14.4. The van der Waals surface area contributed by atoms with Crippen molar-refractivity contribution in [1.29, 1.82) is 0 Å². The Morgan fingerprint density at radius 1 is 1.26 bits per heavy atom. The van der Waals surface area contributed by atoms with Crippen LogP contribution in [0.5, 0.6) is 0 Å². The van der Waals surface area contributed by atoms with Crippen molar-refractivity contribution < 1.29 is 9.59 Å². The highest BCUT2D eigenvalue weighted by Gasteiger charge is 2.11. The largest absolute Gasteiger partial charge is 0.363 e. The molecule has 0 fully saturated rings. The quantitative estimate of drug-likeness (QED) is 0.590. The molecular formula is C15H18N4O2S2. The molecule has 0 saturated carbocycles. The predicted molar refractivity (Wildman–Crippen MR) is 93.2 cm³/mol. The molecule has 0 saturated heterocycles. The molecule has 23 heavy (non-hydrogen) atoms. The molecule has 0 aliphatic heterocycles. The molecule has 2 N–H and O–H groups in total. The van der Waals surface area contributed by atoms with Gasteiger partial charge >= 0.3 is 0 Å². The van der Waals surface area contributed by atoms with Gasteiger partial charge < -0.3 is 10.6 Å². The number of anilines is 1. The summed E-state index contributed by atoms with van der Waals surface area (Å²) in [4.78, 5) is 23.3. The highest BCUT2D eigenvalue weighted by Crippen LogP contribution is 2.25. The summed E-state index contributed by atoms with van der Waals surface area (Å²) in [6, 6.07) is 7.23. The van der Waals surface area contributed by atoms with Gasteiger partial charge in [0, 0.05) is 19.5 Å². The van der Waals surface area contributed by atoms with Crippen molar-refractivity contribution in [2.75, 3.05) is 18.1 Å². The molecule has 1 heterocycles. The van der Waals surface area contributed by atoms with Crippen molar-refractivity contribution in [2.45, 2.75) is 24.2 Å². The maximum Gasteiger partial charge on any atom is 0.217 e. The minimum absolute atomic E-state index is 0.0370. The number of carbonyl (C=O) groups is 2. The van der Waals surface area contributed by atoms with Gasteiger partial charge in [-0.15, -0.1) is 10.2 Å². The Morgan fingerprint density at radius 2 is 1.96 bits per heavy atom. The topological polar surface area (TPSA) is 84.0 Å². The summed E-state index contributed by atoms with van der Waals surface area (Å²) in [7, 11) is 1.78.